The highest BCUT2D eigenvalue weighted by atomic mass is 32.1. The summed E-state index contributed by atoms with van der Waals surface area (Å²) < 4.78 is 5.70. The summed E-state index contributed by atoms with van der Waals surface area (Å²) in [5, 5.41) is 3.09. The number of nitrogens with zero attached hydrogens (tertiary/aromatic N) is 4. The first-order chi connectivity index (χ1) is 15.5. The molecule has 0 fully saturated rings. The molecule has 0 saturated carbocycles. The summed E-state index contributed by atoms with van der Waals surface area (Å²) in [5.74, 6) is 0. The molecular formula is C26H24N4OS. The van der Waals surface area contributed by atoms with E-state index in [2.05, 4.69) is 35.1 Å². The number of hydrogen-bond donors (Lipinski definition) is 0. The van der Waals surface area contributed by atoms with Crippen molar-refractivity contribution in [3.05, 3.63) is 99.5 Å². The SMILES string of the molecule is Cc1cc(-c2csc(-c3ccccc3)n2)c(C)n1-c1c(C)n(C)n(-c2ccccc2)c1=O. The van der Waals surface area contributed by atoms with Crippen molar-refractivity contribution in [2.24, 2.45) is 7.05 Å². The zero-order valence-corrected chi connectivity index (χ0v) is 19.4. The van der Waals surface area contributed by atoms with Gasteiger partial charge in [0.25, 0.3) is 5.56 Å². The van der Waals surface area contributed by atoms with Gasteiger partial charge in [-0.3, -0.25) is 9.48 Å². The quantitative estimate of drug-likeness (QED) is 0.361. The van der Waals surface area contributed by atoms with Gasteiger partial charge in [-0.2, -0.15) is 0 Å². The van der Waals surface area contributed by atoms with Gasteiger partial charge >= 0.3 is 0 Å². The normalized spacial score (nSPS) is 11.2. The fourth-order valence-electron chi connectivity index (χ4n) is 4.29. The summed E-state index contributed by atoms with van der Waals surface area (Å²) in [4.78, 5) is 18.5. The molecule has 0 unspecified atom stereocenters. The maximum atomic E-state index is 13.6. The average Bonchev–Trinajstić information content (AvgIpc) is 3.46. The Kier molecular flexibility index (Phi) is 4.94. The lowest BCUT2D eigenvalue weighted by atomic mass is 10.2. The van der Waals surface area contributed by atoms with Gasteiger partial charge < -0.3 is 4.57 Å². The lowest BCUT2D eigenvalue weighted by Crippen LogP contribution is -2.21. The summed E-state index contributed by atoms with van der Waals surface area (Å²) >= 11 is 1.64. The van der Waals surface area contributed by atoms with Gasteiger partial charge in [-0.25, -0.2) is 9.67 Å². The topological polar surface area (TPSA) is 44.8 Å². The molecule has 6 heteroatoms. The molecule has 0 spiro atoms. The zero-order chi connectivity index (χ0) is 22.4. The molecule has 2 aromatic carbocycles. The number of hydrogen-bond acceptors (Lipinski definition) is 3. The second-order valence-electron chi connectivity index (χ2n) is 7.93. The van der Waals surface area contributed by atoms with E-state index in [9.17, 15) is 4.79 Å². The fraction of sp³-hybridized carbons (Fsp3) is 0.154. The predicted octanol–water partition coefficient (Wildman–Crippen LogP) is 5.68. The van der Waals surface area contributed by atoms with Gasteiger partial charge in [-0.1, -0.05) is 48.5 Å². The van der Waals surface area contributed by atoms with Crippen molar-refractivity contribution in [1.29, 1.82) is 0 Å². The Labute approximate surface area is 190 Å². The molecule has 0 saturated heterocycles. The van der Waals surface area contributed by atoms with Crippen molar-refractivity contribution in [3.8, 4) is 33.2 Å². The van der Waals surface area contributed by atoms with Crippen LogP contribution in [-0.2, 0) is 7.05 Å². The van der Waals surface area contributed by atoms with E-state index in [4.69, 9.17) is 4.98 Å². The summed E-state index contributed by atoms with van der Waals surface area (Å²) in [5.41, 5.74) is 7.53. The van der Waals surface area contributed by atoms with Crippen LogP contribution in [-0.4, -0.2) is 18.9 Å². The number of benzene rings is 2. The summed E-state index contributed by atoms with van der Waals surface area (Å²) in [6.07, 6.45) is 0. The minimum Gasteiger partial charge on any atom is -0.311 e. The van der Waals surface area contributed by atoms with E-state index in [1.807, 2.05) is 74.1 Å². The molecule has 3 aromatic heterocycles. The molecule has 0 bridgehead atoms. The van der Waals surface area contributed by atoms with Gasteiger partial charge in [0.05, 0.1) is 17.1 Å². The lowest BCUT2D eigenvalue weighted by molar-refractivity contribution is 0.630. The number of aromatic nitrogens is 4. The number of aryl methyl sites for hydroxylation is 1. The molecule has 5 nitrogen and oxygen atoms in total. The minimum atomic E-state index is -0.0344. The maximum absolute atomic E-state index is 13.6. The monoisotopic (exact) mass is 440 g/mol. The Bertz CT molecular complexity index is 1470. The first kappa shape index (κ1) is 20.3. The van der Waals surface area contributed by atoms with E-state index in [1.54, 1.807) is 16.0 Å². The number of thiazole rings is 1. The molecule has 160 valence electrons. The van der Waals surface area contributed by atoms with Crippen LogP contribution in [0.3, 0.4) is 0 Å². The molecule has 0 radical (unpaired) electrons. The number of rotatable bonds is 4. The highest BCUT2D eigenvalue weighted by Crippen LogP contribution is 2.33. The van der Waals surface area contributed by atoms with Crippen LogP contribution in [0.4, 0.5) is 0 Å². The Balaban J connectivity index is 1.64. The minimum absolute atomic E-state index is 0.0344. The summed E-state index contributed by atoms with van der Waals surface area (Å²) in [7, 11) is 1.93. The highest BCUT2D eigenvalue weighted by Gasteiger charge is 2.22. The first-order valence-electron chi connectivity index (χ1n) is 10.5. The van der Waals surface area contributed by atoms with Crippen LogP contribution >= 0.6 is 11.3 Å². The molecule has 0 N–H and O–H groups in total. The maximum Gasteiger partial charge on any atom is 0.295 e. The van der Waals surface area contributed by atoms with Crippen molar-refractivity contribution in [2.45, 2.75) is 20.8 Å². The van der Waals surface area contributed by atoms with Crippen LogP contribution in [0.15, 0.2) is 76.9 Å². The zero-order valence-electron chi connectivity index (χ0n) is 18.5. The van der Waals surface area contributed by atoms with Crippen LogP contribution in [0.5, 0.6) is 0 Å². The van der Waals surface area contributed by atoms with Crippen LogP contribution in [0.2, 0.25) is 0 Å². The first-order valence-corrected chi connectivity index (χ1v) is 11.4. The summed E-state index contributed by atoms with van der Waals surface area (Å²) in [6, 6.07) is 22.1. The van der Waals surface area contributed by atoms with Crippen LogP contribution in [0, 0.1) is 20.8 Å². The van der Waals surface area contributed by atoms with E-state index in [0.717, 1.165) is 44.6 Å². The number of para-hydroxylation sites is 1. The van der Waals surface area contributed by atoms with E-state index in [-0.39, 0.29) is 5.56 Å². The van der Waals surface area contributed by atoms with Crippen molar-refractivity contribution >= 4 is 11.3 Å². The van der Waals surface area contributed by atoms with E-state index in [1.165, 1.54) is 0 Å². The third-order valence-electron chi connectivity index (χ3n) is 5.98. The van der Waals surface area contributed by atoms with Crippen molar-refractivity contribution in [2.75, 3.05) is 0 Å². The van der Waals surface area contributed by atoms with Crippen LogP contribution < -0.4 is 5.56 Å². The molecule has 32 heavy (non-hydrogen) atoms. The average molecular weight is 441 g/mol. The smallest absolute Gasteiger partial charge is 0.295 e. The fourth-order valence-corrected chi connectivity index (χ4v) is 5.11. The van der Waals surface area contributed by atoms with Gasteiger partial charge in [0, 0.05) is 34.9 Å². The third kappa shape index (κ3) is 3.15. The van der Waals surface area contributed by atoms with Crippen molar-refractivity contribution in [3.63, 3.8) is 0 Å². The predicted molar refractivity (Wildman–Crippen MR) is 131 cm³/mol. The Hall–Kier alpha value is -3.64. The van der Waals surface area contributed by atoms with Gasteiger partial charge in [0.15, 0.2) is 0 Å². The Morgan fingerprint density at radius 2 is 1.53 bits per heavy atom. The van der Waals surface area contributed by atoms with Crippen molar-refractivity contribution < 1.29 is 0 Å². The second kappa shape index (κ2) is 7.80. The Morgan fingerprint density at radius 1 is 0.875 bits per heavy atom. The molecular weight excluding hydrogens is 416 g/mol. The van der Waals surface area contributed by atoms with Gasteiger partial charge in [-0.05, 0) is 39.0 Å². The van der Waals surface area contributed by atoms with E-state index in [0.29, 0.717) is 5.69 Å². The van der Waals surface area contributed by atoms with E-state index < -0.39 is 0 Å². The van der Waals surface area contributed by atoms with Gasteiger partial charge in [0.2, 0.25) is 0 Å². The largest absolute Gasteiger partial charge is 0.311 e. The third-order valence-corrected chi connectivity index (χ3v) is 6.87. The molecule has 5 rings (SSSR count). The molecule has 0 atom stereocenters. The molecule has 0 aliphatic carbocycles. The molecule has 0 aliphatic rings. The molecule has 5 aromatic rings. The highest BCUT2D eigenvalue weighted by molar-refractivity contribution is 7.13. The van der Waals surface area contributed by atoms with E-state index >= 15 is 0 Å². The van der Waals surface area contributed by atoms with Crippen LogP contribution in [0.25, 0.3) is 33.2 Å². The van der Waals surface area contributed by atoms with Gasteiger partial charge in [0.1, 0.15) is 10.7 Å². The molecule has 0 amide bonds. The van der Waals surface area contributed by atoms with Gasteiger partial charge in [-0.15, -0.1) is 11.3 Å². The van der Waals surface area contributed by atoms with Crippen LogP contribution in [0.1, 0.15) is 17.1 Å². The second-order valence-corrected chi connectivity index (χ2v) is 8.79. The lowest BCUT2D eigenvalue weighted by Gasteiger charge is -2.08. The molecule has 3 heterocycles. The standard InChI is InChI=1S/C26H24N4OS/c1-17-15-22(23-16-32-25(27-23)20-11-7-5-8-12-20)18(2)29(17)24-19(3)28(4)30(26(24)31)21-13-9-6-10-14-21/h5-16H,1-4H3. The molecule has 0 aliphatic heterocycles. The summed E-state index contributed by atoms with van der Waals surface area (Å²) in [6.45, 7) is 6.09. The Morgan fingerprint density at radius 3 is 2.22 bits per heavy atom. The van der Waals surface area contributed by atoms with Crippen molar-refractivity contribution in [1.82, 2.24) is 18.9 Å².